The molecule has 0 N–H and O–H groups in total. The van der Waals surface area contributed by atoms with Crippen LogP contribution >= 0.6 is 0 Å². The fraction of sp³-hybridized carbons (Fsp3) is 0.500. The molecule has 0 saturated carbocycles. The lowest BCUT2D eigenvalue weighted by molar-refractivity contribution is -0.144. The molecular formula is C18H24N2O3. The number of likely N-dealkylation sites (tertiary alicyclic amines) is 2. The number of ether oxygens (including phenoxy) is 2. The Morgan fingerprint density at radius 3 is 2.91 bits per heavy atom. The summed E-state index contributed by atoms with van der Waals surface area (Å²) in [5.41, 5.74) is 0. The highest BCUT2D eigenvalue weighted by atomic mass is 16.5. The van der Waals surface area contributed by atoms with Crippen LogP contribution < -0.4 is 9.47 Å². The molecule has 2 heterocycles. The molecule has 23 heavy (non-hydrogen) atoms. The van der Waals surface area contributed by atoms with Crippen LogP contribution in [0.1, 0.15) is 12.8 Å². The molecule has 2 aliphatic heterocycles. The van der Waals surface area contributed by atoms with E-state index in [4.69, 9.17) is 9.47 Å². The predicted octanol–water partition coefficient (Wildman–Crippen LogP) is 1.94. The molecule has 5 nitrogen and oxygen atoms in total. The van der Waals surface area contributed by atoms with E-state index in [1.165, 1.54) is 0 Å². The summed E-state index contributed by atoms with van der Waals surface area (Å²) in [6, 6.07) is 7.59. The van der Waals surface area contributed by atoms with E-state index in [2.05, 4.69) is 11.5 Å². The second kappa shape index (κ2) is 7.04. The summed E-state index contributed by atoms with van der Waals surface area (Å²) in [6.07, 6.45) is 3.98. The summed E-state index contributed by atoms with van der Waals surface area (Å²) in [6.45, 7) is 6.87. The van der Waals surface area contributed by atoms with Crippen molar-refractivity contribution in [2.24, 2.45) is 0 Å². The Labute approximate surface area is 137 Å². The van der Waals surface area contributed by atoms with E-state index in [1.807, 2.05) is 35.2 Å². The summed E-state index contributed by atoms with van der Waals surface area (Å²) in [5.74, 6) is 1.80. The maximum atomic E-state index is 12.6. The van der Waals surface area contributed by atoms with Crippen LogP contribution in [0.25, 0.3) is 0 Å². The summed E-state index contributed by atoms with van der Waals surface area (Å²) < 4.78 is 11.1. The third-order valence-corrected chi connectivity index (χ3v) is 4.52. The second-order valence-corrected chi connectivity index (χ2v) is 6.10. The Kier molecular flexibility index (Phi) is 4.86. The third kappa shape index (κ3) is 3.50. The summed E-state index contributed by atoms with van der Waals surface area (Å²) in [5, 5.41) is 0. The average Bonchev–Trinajstić information content (AvgIpc) is 2.99. The van der Waals surface area contributed by atoms with Crippen molar-refractivity contribution in [3.63, 3.8) is 0 Å². The highest BCUT2D eigenvalue weighted by molar-refractivity contribution is 5.83. The number of rotatable bonds is 6. The molecule has 0 unspecified atom stereocenters. The lowest BCUT2D eigenvalue weighted by atomic mass is 10.1. The number of amides is 1. The molecule has 124 valence electrons. The van der Waals surface area contributed by atoms with Gasteiger partial charge in [-0.1, -0.05) is 12.1 Å². The number of hydrogen-bond donors (Lipinski definition) is 0. The van der Waals surface area contributed by atoms with Gasteiger partial charge in [0.05, 0.1) is 26.2 Å². The van der Waals surface area contributed by atoms with Crippen molar-refractivity contribution in [3.8, 4) is 11.5 Å². The van der Waals surface area contributed by atoms with Crippen molar-refractivity contribution >= 4 is 5.91 Å². The number of methoxy groups -OCH3 is 1. The van der Waals surface area contributed by atoms with Crippen molar-refractivity contribution in [2.45, 2.75) is 25.0 Å². The first-order chi connectivity index (χ1) is 11.2. The van der Waals surface area contributed by atoms with Gasteiger partial charge in [-0.3, -0.25) is 9.69 Å². The van der Waals surface area contributed by atoms with Gasteiger partial charge in [-0.2, -0.15) is 0 Å². The van der Waals surface area contributed by atoms with E-state index in [0.29, 0.717) is 13.1 Å². The van der Waals surface area contributed by atoms with Gasteiger partial charge in [0, 0.05) is 12.6 Å². The van der Waals surface area contributed by atoms with Crippen LogP contribution in [0.15, 0.2) is 36.9 Å². The molecule has 2 aliphatic rings. The van der Waals surface area contributed by atoms with E-state index in [9.17, 15) is 4.79 Å². The molecule has 2 fully saturated rings. The highest BCUT2D eigenvalue weighted by Gasteiger charge is 2.39. The molecule has 1 atom stereocenters. The van der Waals surface area contributed by atoms with Crippen LogP contribution in [0, 0.1) is 0 Å². The monoisotopic (exact) mass is 316 g/mol. The molecule has 0 aromatic heterocycles. The number of carbonyl (C=O) groups is 1. The Morgan fingerprint density at radius 1 is 1.39 bits per heavy atom. The van der Waals surface area contributed by atoms with Gasteiger partial charge < -0.3 is 14.4 Å². The maximum absolute atomic E-state index is 12.6. The van der Waals surface area contributed by atoms with Crippen LogP contribution in [0.2, 0.25) is 0 Å². The Balaban J connectivity index is 1.50. The molecule has 0 radical (unpaired) electrons. The fourth-order valence-corrected chi connectivity index (χ4v) is 3.26. The van der Waals surface area contributed by atoms with Crippen molar-refractivity contribution in [3.05, 3.63) is 36.9 Å². The minimum Gasteiger partial charge on any atom is -0.497 e. The van der Waals surface area contributed by atoms with Gasteiger partial charge in [-0.05, 0) is 31.5 Å². The maximum Gasteiger partial charge on any atom is 0.240 e. The quantitative estimate of drug-likeness (QED) is 0.752. The van der Waals surface area contributed by atoms with E-state index in [-0.39, 0.29) is 18.1 Å². The van der Waals surface area contributed by atoms with Crippen molar-refractivity contribution in [1.29, 1.82) is 0 Å². The van der Waals surface area contributed by atoms with Gasteiger partial charge in [0.15, 0.2) is 0 Å². The molecule has 0 spiro atoms. The number of benzene rings is 1. The van der Waals surface area contributed by atoms with Crippen LogP contribution in [-0.4, -0.2) is 61.1 Å². The fourth-order valence-electron chi connectivity index (χ4n) is 3.26. The Morgan fingerprint density at radius 2 is 2.17 bits per heavy atom. The zero-order chi connectivity index (χ0) is 16.2. The highest BCUT2D eigenvalue weighted by Crippen LogP contribution is 2.25. The lowest BCUT2D eigenvalue weighted by Gasteiger charge is -2.41. The van der Waals surface area contributed by atoms with Crippen molar-refractivity contribution < 1.29 is 14.3 Å². The molecule has 3 rings (SSSR count). The standard InChI is InChI=1S/C18H24N2O3/c1-3-9-19-10-5-8-17(19)18(21)20-12-16(13-20)23-15-7-4-6-14(11-15)22-2/h3-4,6-7,11,16-17H,1,5,8-10,12-13H2,2H3/t17-/m0/s1. The molecule has 1 amide bonds. The van der Waals surface area contributed by atoms with Gasteiger partial charge in [-0.25, -0.2) is 0 Å². The topological polar surface area (TPSA) is 42.0 Å². The molecule has 0 aliphatic carbocycles. The van der Waals surface area contributed by atoms with Gasteiger partial charge in [0.1, 0.15) is 17.6 Å². The van der Waals surface area contributed by atoms with Crippen LogP contribution in [0.4, 0.5) is 0 Å². The van der Waals surface area contributed by atoms with E-state index in [0.717, 1.165) is 37.4 Å². The van der Waals surface area contributed by atoms with Crippen molar-refractivity contribution in [1.82, 2.24) is 9.80 Å². The molecular weight excluding hydrogens is 292 g/mol. The van der Waals surface area contributed by atoms with Crippen LogP contribution in [0.3, 0.4) is 0 Å². The minimum atomic E-state index is 0.0192. The van der Waals surface area contributed by atoms with Gasteiger partial charge in [0.25, 0.3) is 0 Å². The second-order valence-electron chi connectivity index (χ2n) is 6.10. The smallest absolute Gasteiger partial charge is 0.240 e. The van der Waals surface area contributed by atoms with E-state index >= 15 is 0 Å². The Bertz CT molecular complexity index is 569. The SMILES string of the molecule is C=CCN1CCC[C@H]1C(=O)N1CC(Oc2cccc(OC)c2)C1. The predicted molar refractivity (Wildman–Crippen MR) is 88.8 cm³/mol. The van der Waals surface area contributed by atoms with Crippen molar-refractivity contribution in [2.75, 3.05) is 33.3 Å². The number of carbonyl (C=O) groups excluding carboxylic acids is 1. The van der Waals surface area contributed by atoms with E-state index in [1.54, 1.807) is 7.11 Å². The zero-order valence-corrected chi connectivity index (χ0v) is 13.6. The molecule has 1 aromatic rings. The minimum absolute atomic E-state index is 0.0192. The summed E-state index contributed by atoms with van der Waals surface area (Å²) in [7, 11) is 1.64. The number of nitrogens with zero attached hydrogens (tertiary/aromatic N) is 2. The molecule has 1 aromatic carbocycles. The molecule has 2 saturated heterocycles. The molecule has 0 bridgehead atoms. The van der Waals surface area contributed by atoms with Gasteiger partial charge in [0.2, 0.25) is 5.91 Å². The van der Waals surface area contributed by atoms with Gasteiger partial charge in [-0.15, -0.1) is 6.58 Å². The summed E-state index contributed by atoms with van der Waals surface area (Å²) >= 11 is 0. The van der Waals surface area contributed by atoms with E-state index < -0.39 is 0 Å². The normalized spacial score (nSPS) is 21.8. The first kappa shape index (κ1) is 15.9. The average molecular weight is 316 g/mol. The van der Waals surface area contributed by atoms with Crippen LogP contribution in [0.5, 0.6) is 11.5 Å². The van der Waals surface area contributed by atoms with Gasteiger partial charge >= 0.3 is 0 Å². The van der Waals surface area contributed by atoms with Crippen LogP contribution in [-0.2, 0) is 4.79 Å². The molecule has 5 heteroatoms. The third-order valence-electron chi connectivity index (χ3n) is 4.52. The first-order valence-electron chi connectivity index (χ1n) is 8.15. The Hall–Kier alpha value is -2.01. The number of hydrogen-bond acceptors (Lipinski definition) is 4. The zero-order valence-electron chi connectivity index (χ0n) is 13.6. The lowest BCUT2D eigenvalue weighted by Crippen LogP contribution is -2.60. The largest absolute Gasteiger partial charge is 0.497 e. The first-order valence-corrected chi connectivity index (χ1v) is 8.15. The summed E-state index contributed by atoms with van der Waals surface area (Å²) in [4.78, 5) is 16.7.